The lowest BCUT2D eigenvalue weighted by Crippen LogP contribution is -2.16. The molecule has 0 spiro atoms. The van der Waals surface area contributed by atoms with Crippen LogP contribution < -0.4 is 10.7 Å². The molecule has 6 nitrogen and oxygen atoms in total. The Labute approximate surface area is 192 Å². The summed E-state index contributed by atoms with van der Waals surface area (Å²) in [5.41, 5.74) is 1.85. The summed E-state index contributed by atoms with van der Waals surface area (Å²) in [6.45, 7) is 1.86. The summed E-state index contributed by atoms with van der Waals surface area (Å²) in [7, 11) is 0. The van der Waals surface area contributed by atoms with Gasteiger partial charge in [0.2, 0.25) is 5.88 Å². The van der Waals surface area contributed by atoms with Gasteiger partial charge in [-0.3, -0.25) is 19.7 Å². The minimum Gasteiger partial charge on any atom is -0.451 e. The average molecular weight is 458 g/mol. The molecular weight excluding hydrogens is 442 g/mol. The van der Waals surface area contributed by atoms with Gasteiger partial charge in [-0.25, -0.2) is 0 Å². The first-order valence-electron chi connectivity index (χ1n) is 10.1. The first kappa shape index (κ1) is 20.7. The molecule has 0 bridgehead atoms. The van der Waals surface area contributed by atoms with Crippen LogP contribution in [0.2, 0.25) is 5.02 Å². The molecule has 0 aliphatic carbocycles. The van der Waals surface area contributed by atoms with Crippen LogP contribution in [0.1, 0.15) is 32.0 Å². The van der Waals surface area contributed by atoms with E-state index in [1.165, 1.54) is 0 Å². The van der Waals surface area contributed by atoms with E-state index in [0.29, 0.717) is 32.5 Å². The number of ketones is 1. The fourth-order valence-electron chi connectivity index (χ4n) is 3.64. The van der Waals surface area contributed by atoms with E-state index in [1.54, 1.807) is 66.7 Å². The Balaban J connectivity index is 1.58. The highest BCUT2D eigenvalue weighted by atomic mass is 35.5. The molecule has 1 N–H and O–H groups in total. The number of furan rings is 1. The van der Waals surface area contributed by atoms with Gasteiger partial charge in [-0.1, -0.05) is 35.9 Å². The van der Waals surface area contributed by atoms with Crippen LogP contribution in [0.4, 0.5) is 5.88 Å². The lowest BCUT2D eigenvalue weighted by atomic mass is 10.0. The Bertz CT molecular complexity index is 1610. The van der Waals surface area contributed by atoms with Crippen LogP contribution in [-0.4, -0.2) is 11.7 Å². The van der Waals surface area contributed by atoms with E-state index in [-0.39, 0.29) is 28.4 Å². The number of halogens is 1. The fourth-order valence-corrected chi connectivity index (χ4v) is 3.77. The standard InChI is InChI=1S/C26H16ClNO5/c1-14-6-11-17-19(29)13-22(32-21(17)12-14)25(31)28-26-23(18-4-2-3-5-20(18)33-26)24(30)15-7-9-16(27)10-8-15/h2-13H,1H3,(H,28,31). The Morgan fingerprint density at radius 1 is 0.848 bits per heavy atom. The number of aryl methyl sites for hydroxylation is 1. The van der Waals surface area contributed by atoms with E-state index in [9.17, 15) is 14.4 Å². The van der Waals surface area contributed by atoms with Crippen LogP contribution in [0.5, 0.6) is 0 Å². The number of benzene rings is 3. The summed E-state index contributed by atoms with van der Waals surface area (Å²) in [4.78, 5) is 38.8. The molecule has 5 rings (SSSR count). The number of amides is 1. The fraction of sp³-hybridized carbons (Fsp3) is 0.0385. The highest BCUT2D eigenvalue weighted by Gasteiger charge is 2.25. The molecule has 0 aliphatic rings. The zero-order chi connectivity index (χ0) is 23.1. The summed E-state index contributed by atoms with van der Waals surface area (Å²) in [5, 5.41) is 4.02. The Hall–Kier alpha value is -4.16. The number of hydrogen-bond acceptors (Lipinski definition) is 5. The second-order valence-corrected chi connectivity index (χ2v) is 8.00. The minimum atomic E-state index is -0.709. The highest BCUT2D eigenvalue weighted by molar-refractivity contribution is 6.30. The molecule has 0 saturated heterocycles. The quantitative estimate of drug-likeness (QED) is 0.335. The number of para-hydroxylation sites is 1. The average Bonchev–Trinajstić information content (AvgIpc) is 3.16. The van der Waals surface area contributed by atoms with Crippen LogP contribution in [0.25, 0.3) is 21.9 Å². The Kier molecular flexibility index (Phi) is 5.07. The second kappa shape index (κ2) is 8.07. The molecule has 0 saturated carbocycles. The number of rotatable bonds is 4. The number of anilines is 1. The topological polar surface area (TPSA) is 89.5 Å². The molecule has 2 heterocycles. The molecule has 0 unspecified atom stereocenters. The Morgan fingerprint density at radius 3 is 2.39 bits per heavy atom. The lowest BCUT2D eigenvalue weighted by Gasteiger charge is -2.06. The van der Waals surface area contributed by atoms with Crippen molar-refractivity contribution in [1.82, 2.24) is 0 Å². The normalized spacial score (nSPS) is 11.1. The maximum atomic E-state index is 13.3. The summed E-state index contributed by atoms with van der Waals surface area (Å²) in [6, 6.07) is 19.6. The maximum absolute atomic E-state index is 13.3. The van der Waals surface area contributed by atoms with Crippen molar-refractivity contribution in [2.45, 2.75) is 6.92 Å². The number of carbonyl (C=O) groups is 2. The molecule has 2 aromatic heterocycles. The van der Waals surface area contributed by atoms with Gasteiger partial charge in [0.05, 0.1) is 10.9 Å². The van der Waals surface area contributed by atoms with Gasteiger partial charge in [0.1, 0.15) is 11.2 Å². The summed E-state index contributed by atoms with van der Waals surface area (Å²) in [6.07, 6.45) is 0. The van der Waals surface area contributed by atoms with E-state index in [4.69, 9.17) is 20.4 Å². The predicted molar refractivity (Wildman–Crippen MR) is 126 cm³/mol. The minimum absolute atomic E-state index is 0.0341. The van der Waals surface area contributed by atoms with E-state index in [0.717, 1.165) is 11.6 Å². The van der Waals surface area contributed by atoms with Crippen molar-refractivity contribution in [3.8, 4) is 0 Å². The van der Waals surface area contributed by atoms with Crippen LogP contribution >= 0.6 is 11.6 Å². The van der Waals surface area contributed by atoms with Crippen molar-refractivity contribution in [2.75, 3.05) is 5.32 Å². The van der Waals surface area contributed by atoms with Crippen LogP contribution in [0.3, 0.4) is 0 Å². The van der Waals surface area contributed by atoms with Crippen molar-refractivity contribution in [3.63, 3.8) is 0 Å². The van der Waals surface area contributed by atoms with Gasteiger partial charge in [0, 0.05) is 22.0 Å². The van der Waals surface area contributed by atoms with Gasteiger partial charge < -0.3 is 8.83 Å². The van der Waals surface area contributed by atoms with Gasteiger partial charge in [-0.15, -0.1) is 0 Å². The molecule has 1 amide bonds. The zero-order valence-electron chi connectivity index (χ0n) is 17.3. The van der Waals surface area contributed by atoms with E-state index < -0.39 is 5.91 Å². The largest absolute Gasteiger partial charge is 0.451 e. The third-order valence-electron chi connectivity index (χ3n) is 5.26. The first-order valence-corrected chi connectivity index (χ1v) is 10.5. The monoisotopic (exact) mass is 457 g/mol. The van der Waals surface area contributed by atoms with E-state index in [1.807, 2.05) is 6.92 Å². The van der Waals surface area contributed by atoms with Crippen LogP contribution in [-0.2, 0) is 0 Å². The van der Waals surface area contributed by atoms with Gasteiger partial charge >= 0.3 is 0 Å². The smallest absolute Gasteiger partial charge is 0.293 e. The molecule has 0 fully saturated rings. The molecule has 33 heavy (non-hydrogen) atoms. The van der Waals surface area contributed by atoms with E-state index in [2.05, 4.69) is 5.32 Å². The Morgan fingerprint density at radius 2 is 1.61 bits per heavy atom. The summed E-state index contributed by atoms with van der Waals surface area (Å²) < 4.78 is 11.5. The lowest BCUT2D eigenvalue weighted by molar-refractivity contribution is 0.0995. The van der Waals surface area contributed by atoms with Crippen molar-refractivity contribution < 1.29 is 18.4 Å². The van der Waals surface area contributed by atoms with Crippen LogP contribution in [0, 0.1) is 6.92 Å². The van der Waals surface area contributed by atoms with Crippen molar-refractivity contribution >= 4 is 51.1 Å². The van der Waals surface area contributed by atoms with Crippen LogP contribution in [0.15, 0.2) is 86.4 Å². The molecular formula is C26H16ClNO5. The van der Waals surface area contributed by atoms with Gasteiger partial charge in [-0.05, 0) is 55.0 Å². The molecule has 5 aromatic rings. The van der Waals surface area contributed by atoms with Gasteiger partial charge in [-0.2, -0.15) is 0 Å². The molecule has 0 radical (unpaired) electrons. The maximum Gasteiger partial charge on any atom is 0.293 e. The highest BCUT2D eigenvalue weighted by Crippen LogP contribution is 2.32. The third kappa shape index (κ3) is 3.81. The van der Waals surface area contributed by atoms with Gasteiger partial charge in [0.15, 0.2) is 17.0 Å². The van der Waals surface area contributed by atoms with E-state index >= 15 is 0 Å². The molecule has 0 atom stereocenters. The number of nitrogens with one attached hydrogen (secondary N) is 1. The van der Waals surface area contributed by atoms with Crippen molar-refractivity contribution in [3.05, 3.63) is 110 Å². The summed E-state index contributed by atoms with van der Waals surface area (Å²) in [5.74, 6) is -1.28. The number of fused-ring (bicyclic) bond motifs is 2. The first-order chi connectivity index (χ1) is 15.9. The van der Waals surface area contributed by atoms with Crippen molar-refractivity contribution in [1.29, 1.82) is 0 Å². The number of hydrogen-bond donors (Lipinski definition) is 1. The molecule has 0 aliphatic heterocycles. The number of carbonyl (C=O) groups excluding carboxylic acids is 2. The molecule has 3 aromatic carbocycles. The SMILES string of the molecule is Cc1ccc2c(=O)cc(C(=O)Nc3oc4ccccc4c3C(=O)c3ccc(Cl)cc3)oc2c1. The second-order valence-electron chi connectivity index (χ2n) is 7.57. The summed E-state index contributed by atoms with van der Waals surface area (Å²) >= 11 is 5.95. The molecule has 7 heteroatoms. The molecule has 162 valence electrons. The van der Waals surface area contributed by atoms with Gasteiger partial charge in [0.25, 0.3) is 5.91 Å². The predicted octanol–water partition coefficient (Wildman–Crippen LogP) is 5.98. The van der Waals surface area contributed by atoms with Crippen molar-refractivity contribution in [2.24, 2.45) is 0 Å². The third-order valence-corrected chi connectivity index (χ3v) is 5.52. The zero-order valence-corrected chi connectivity index (χ0v) is 18.1.